The molecule has 1 fully saturated rings. The van der Waals surface area contributed by atoms with Gasteiger partial charge in [0, 0.05) is 18.2 Å². The lowest BCUT2D eigenvalue weighted by Crippen LogP contribution is -2.34. The van der Waals surface area contributed by atoms with Gasteiger partial charge in [-0.1, -0.05) is 35.9 Å². The summed E-state index contributed by atoms with van der Waals surface area (Å²) in [6, 6.07) is 14.0. The van der Waals surface area contributed by atoms with E-state index >= 15 is 0 Å². The van der Waals surface area contributed by atoms with E-state index in [4.69, 9.17) is 5.73 Å². The molecule has 1 aliphatic rings. The second-order valence-corrected chi connectivity index (χ2v) is 8.55. The molecule has 0 bridgehead atoms. The zero-order valence-electron chi connectivity index (χ0n) is 14.3. The predicted octanol–water partition coefficient (Wildman–Crippen LogP) is 2.66. The molecule has 0 spiro atoms. The van der Waals surface area contributed by atoms with Crippen molar-refractivity contribution in [3.8, 4) is 0 Å². The van der Waals surface area contributed by atoms with Crippen LogP contribution in [0.1, 0.15) is 40.7 Å². The molecule has 0 aromatic heterocycles. The first kappa shape index (κ1) is 17.6. The number of amides is 1. The number of carbonyl (C=O) groups is 1. The highest BCUT2D eigenvalue weighted by Gasteiger charge is 2.38. The summed E-state index contributed by atoms with van der Waals surface area (Å²) in [6.07, 6.45) is 0.776. The Labute approximate surface area is 148 Å². The molecule has 2 unspecified atom stereocenters. The third kappa shape index (κ3) is 3.45. The Morgan fingerprint density at radius 3 is 2.48 bits per heavy atom. The average molecular weight is 358 g/mol. The Morgan fingerprint density at radius 1 is 1.16 bits per heavy atom. The van der Waals surface area contributed by atoms with Crippen molar-refractivity contribution in [1.29, 1.82) is 0 Å². The molecule has 2 atom stereocenters. The van der Waals surface area contributed by atoms with E-state index in [1.165, 1.54) is 28.1 Å². The summed E-state index contributed by atoms with van der Waals surface area (Å²) < 4.78 is 27.6. The van der Waals surface area contributed by atoms with Crippen LogP contribution in [0.2, 0.25) is 0 Å². The number of hydrogen-bond donors (Lipinski definition) is 1. The maximum absolute atomic E-state index is 13.0. The highest BCUT2D eigenvalue weighted by molar-refractivity contribution is 7.89. The molecule has 2 aromatic carbocycles. The molecule has 0 saturated carbocycles. The molecular formula is C19H22N2O3S. The standard InChI is InChI=1S/C19H22N2O3S/c1-13-6-8-15(9-7-13)17-10-14(2)21(12-17)25(23,24)18-5-3-4-16(11-18)19(20)22/h3-9,11,14,17H,10,12H2,1-2H3,(H2,20,22). The molecule has 6 heteroatoms. The third-order valence-corrected chi connectivity index (χ3v) is 6.77. The van der Waals surface area contributed by atoms with Gasteiger partial charge in [-0.3, -0.25) is 4.79 Å². The van der Waals surface area contributed by atoms with E-state index in [1.807, 2.05) is 26.0 Å². The molecule has 0 aliphatic carbocycles. The van der Waals surface area contributed by atoms with Crippen LogP contribution < -0.4 is 5.73 Å². The molecule has 25 heavy (non-hydrogen) atoms. The van der Waals surface area contributed by atoms with Crippen LogP contribution in [0.4, 0.5) is 0 Å². The quantitative estimate of drug-likeness (QED) is 0.912. The Kier molecular flexibility index (Phi) is 4.67. The summed E-state index contributed by atoms with van der Waals surface area (Å²) >= 11 is 0. The first-order valence-electron chi connectivity index (χ1n) is 8.27. The van der Waals surface area contributed by atoms with E-state index in [-0.39, 0.29) is 22.4 Å². The molecule has 1 saturated heterocycles. The van der Waals surface area contributed by atoms with Gasteiger partial charge < -0.3 is 5.73 Å². The minimum Gasteiger partial charge on any atom is -0.366 e. The van der Waals surface area contributed by atoms with Crippen molar-refractivity contribution in [2.45, 2.75) is 37.1 Å². The molecule has 0 radical (unpaired) electrons. The van der Waals surface area contributed by atoms with Crippen molar-refractivity contribution in [3.05, 3.63) is 65.2 Å². The van der Waals surface area contributed by atoms with Crippen LogP contribution in [-0.4, -0.2) is 31.2 Å². The average Bonchev–Trinajstić information content (AvgIpc) is 2.98. The van der Waals surface area contributed by atoms with Crippen molar-refractivity contribution in [2.75, 3.05) is 6.54 Å². The Morgan fingerprint density at radius 2 is 1.84 bits per heavy atom. The lowest BCUT2D eigenvalue weighted by Gasteiger charge is -2.21. The maximum Gasteiger partial charge on any atom is 0.248 e. The normalized spacial score (nSPS) is 21.4. The van der Waals surface area contributed by atoms with Crippen LogP contribution in [0.15, 0.2) is 53.4 Å². The number of nitrogens with two attached hydrogens (primary N) is 1. The van der Waals surface area contributed by atoms with Gasteiger partial charge in [0.1, 0.15) is 0 Å². The van der Waals surface area contributed by atoms with Gasteiger partial charge in [-0.15, -0.1) is 0 Å². The summed E-state index contributed by atoms with van der Waals surface area (Å²) in [5, 5.41) is 0. The molecular weight excluding hydrogens is 336 g/mol. The van der Waals surface area contributed by atoms with Crippen LogP contribution >= 0.6 is 0 Å². The fourth-order valence-electron chi connectivity index (χ4n) is 3.36. The highest BCUT2D eigenvalue weighted by atomic mass is 32.2. The molecule has 3 rings (SSSR count). The monoisotopic (exact) mass is 358 g/mol. The van der Waals surface area contributed by atoms with Crippen LogP contribution in [0.3, 0.4) is 0 Å². The second kappa shape index (κ2) is 6.61. The number of aryl methyl sites for hydroxylation is 1. The number of nitrogens with zero attached hydrogens (tertiary/aromatic N) is 1. The fraction of sp³-hybridized carbons (Fsp3) is 0.316. The van der Waals surface area contributed by atoms with Gasteiger partial charge in [-0.25, -0.2) is 8.42 Å². The summed E-state index contributed by atoms with van der Waals surface area (Å²) in [4.78, 5) is 11.5. The largest absolute Gasteiger partial charge is 0.366 e. The van der Waals surface area contributed by atoms with Crippen LogP contribution in [0.25, 0.3) is 0 Å². The van der Waals surface area contributed by atoms with Gasteiger partial charge in [0.2, 0.25) is 15.9 Å². The Bertz CT molecular complexity index is 891. The zero-order chi connectivity index (χ0) is 18.2. The molecule has 1 heterocycles. The van der Waals surface area contributed by atoms with Crippen LogP contribution in [-0.2, 0) is 10.0 Å². The van der Waals surface area contributed by atoms with E-state index in [2.05, 4.69) is 12.1 Å². The van der Waals surface area contributed by atoms with Crippen LogP contribution in [0.5, 0.6) is 0 Å². The summed E-state index contributed by atoms with van der Waals surface area (Å²) in [5.74, 6) is -0.464. The number of benzene rings is 2. The SMILES string of the molecule is Cc1ccc(C2CC(C)N(S(=O)(=O)c3cccc(C(N)=O)c3)C2)cc1. The van der Waals surface area contributed by atoms with Crippen molar-refractivity contribution in [1.82, 2.24) is 4.31 Å². The van der Waals surface area contributed by atoms with E-state index in [0.717, 1.165) is 12.0 Å². The van der Waals surface area contributed by atoms with Crippen molar-refractivity contribution in [3.63, 3.8) is 0 Å². The third-order valence-electron chi connectivity index (χ3n) is 4.79. The van der Waals surface area contributed by atoms with Gasteiger partial charge in [-0.2, -0.15) is 4.31 Å². The van der Waals surface area contributed by atoms with Crippen molar-refractivity contribution < 1.29 is 13.2 Å². The minimum absolute atomic E-state index is 0.103. The predicted molar refractivity (Wildman–Crippen MR) is 96.9 cm³/mol. The lowest BCUT2D eigenvalue weighted by molar-refractivity contribution is 0.1000. The van der Waals surface area contributed by atoms with E-state index in [9.17, 15) is 13.2 Å². The molecule has 2 aromatic rings. The Hall–Kier alpha value is -2.18. The van der Waals surface area contributed by atoms with Gasteiger partial charge in [0.15, 0.2) is 0 Å². The molecule has 5 nitrogen and oxygen atoms in total. The molecule has 1 aliphatic heterocycles. The number of sulfonamides is 1. The lowest BCUT2D eigenvalue weighted by atomic mass is 9.96. The van der Waals surface area contributed by atoms with Gasteiger partial charge in [-0.05, 0) is 49.9 Å². The number of primary amides is 1. The summed E-state index contributed by atoms with van der Waals surface area (Å²) in [7, 11) is -3.67. The maximum atomic E-state index is 13.0. The van der Waals surface area contributed by atoms with Crippen LogP contribution in [0, 0.1) is 6.92 Å². The van der Waals surface area contributed by atoms with E-state index in [0.29, 0.717) is 6.54 Å². The van der Waals surface area contributed by atoms with Gasteiger partial charge >= 0.3 is 0 Å². The summed E-state index contributed by atoms with van der Waals surface area (Å²) in [6.45, 7) is 4.39. The fourth-order valence-corrected chi connectivity index (χ4v) is 5.09. The van der Waals surface area contributed by atoms with Crippen molar-refractivity contribution >= 4 is 15.9 Å². The van der Waals surface area contributed by atoms with E-state index < -0.39 is 15.9 Å². The first-order valence-corrected chi connectivity index (χ1v) is 9.71. The topological polar surface area (TPSA) is 80.5 Å². The molecule has 132 valence electrons. The number of carbonyl (C=O) groups excluding carboxylic acids is 1. The number of rotatable bonds is 4. The second-order valence-electron chi connectivity index (χ2n) is 6.66. The summed E-state index contributed by atoms with van der Waals surface area (Å²) in [5.41, 5.74) is 7.80. The number of hydrogen-bond acceptors (Lipinski definition) is 3. The molecule has 2 N–H and O–H groups in total. The zero-order valence-corrected chi connectivity index (χ0v) is 15.2. The van der Waals surface area contributed by atoms with Gasteiger partial charge in [0.05, 0.1) is 4.90 Å². The smallest absolute Gasteiger partial charge is 0.248 e. The minimum atomic E-state index is -3.67. The highest BCUT2D eigenvalue weighted by Crippen LogP contribution is 2.35. The molecule has 1 amide bonds. The first-order chi connectivity index (χ1) is 11.8. The van der Waals surface area contributed by atoms with Gasteiger partial charge in [0.25, 0.3) is 0 Å². The van der Waals surface area contributed by atoms with Crippen molar-refractivity contribution in [2.24, 2.45) is 5.73 Å². The van der Waals surface area contributed by atoms with E-state index in [1.54, 1.807) is 6.07 Å². The Balaban J connectivity index is 1.89.